The smallest absolute Gasteiger partial charge is 0.280 e. The highest BCUT2D eigenvalue weighted by Gasteiger charge is 2.64. The number of fused-ring (bicyclic) bond motifs is 4. The number of nitrogens with one attached hydrogen (secondary N) is 1. The highest BCUT2D eigenvalue weighted by Crippen LogP contribution is 2.54. The zero-order chi connectivity index (χ0) is 21.4. The van der Waals surface area contributed by atoms with Crippen LogP contribution in [0, 0.1) is 0 Å². The number of carbonyl (C=O) groups excluding carboxylic acids is 2. The van der Waals surface area contributed by atoms with Crippen LogP contribution in [0.3, 0.4) is 0 Å². The van der Waals surface area contributed by atoms with Gasteiger partial charge in [0, 0.05) is 33.0 Å². The van der Waals surface area contributed by atoms with Gasteiger partial charge in [0.15, 0.2) is 16.0 Å². The molecule has 0 bridgehead atoms. The van der Waals surface area contributed by atoms with E-state index in [0.29, 0.717) is 37.4 Å². The Labute approximate surface area is 190 Å². The van der Waals surface area contributed by atoms with Crippen LogP contribution in [-0.4, -0.2) is 21.4 Å². The van der Waals surface area contributed by atoms with Gasteiger partial charge in [-0.25, -0.2) is 4.98 Å². The zero-order valence-electron chi connectivity index (χ0n) is 15.9. The van der Waals surface area contributed by atoms with Gasteiger partial charge in [-0.1, -0.05) is 35.3 Å². The molecule has 0 saturated heterocycles. The van der Waals surface area contributed by atoms with E-state index in [1.807, 2.05) is 18.4 Å². The predicted molar refractivity (Wildman–Crippen MR) is 119 cm³/mol. The molecular formula is C21H15BrCl2N4O2. The van der Waals surface area contributed by atoms with Crippen LogP contribution in [0.1, 0.15) is 41.6 Å². The maximum Gasteiger partial charge on any atom is 0.280 e. The minimum atomic E-state index is -1.43. The van der Waals surface area contributed by atoms with Crippen molar-refractivity contribution < 1.29 is 9.59 Å². The Morgan fingerprint density at radius 1 is 1.10 bits per heavy atom. The molecule has 3 heterocycles. The van der Waals surface area contributed by atoms with E-state index in [-0.39, 0.29) is 23.6 Å². The molecule has 0 aliphatic carbocycles. The average Bonchev–Trinajstić information content (AvgIpc) is 3.24. The summed E-state index contributed by atoms with van der Waals surface area (Å²) < 4.78 is 2.37. The molecule has 1 aromatic heterocycles. The number of hydrogen-bond acceptors (Lipinski definition) is 3. The predicted octanol–water partition coefficient (Wildman–Crippen LogP) is 5.39. The van der Waals surface area contributed by atoms with Crippen molar-refractivity contribution in [1.29, 1.82) is 0 Å². The molecule has 152 valence electrons. The van der Waals surface area contributed by atoms with Gasteiger partial charge in [-0.05, 0) is 60.1 Å². The Balaban J connectivity index is 1.91. The summed E-state index contributed by atoms with van der Waals surface area (Å²) in [5, 5.41) is 3.87. The van der Waals surface area contributed by atoms with Crippen LogP contribution in [-0.2, 0) is 10.3 Å². The summed E-state index contributed by atoms with van der Waals surface area (Å²) in [5.41, 5.74) is 1.03. The molecule has 6 nitrogen and oxygen atoms in total. The summed E-state index contributed by atoms with van der Waals surface area (Å²) in [7, 11) is 0. The fourth-order valence-electron chi connectivity index (χ4n) is 4.39. The molecule has 2 aromatic carbocycles. The van der Waals surface area contributed by atoms with Gasteiger partial charge in [0.1, 0.15) is 0 Å². The van der Waals surface area contributed by atoms with Crippen molar-refractivity contribution in [2.45, 2.75) is 25.4 Å². The van der Waals surface area contributed by atoms with E-state index in [0.717, 1.165) is 0 Å². The molecule has 1 unspecified atom stereocenters. The molecule has 2 aliphatic heterocycles. The van der Waals surface area contributed by atoms with E-state index < -0.39 is 5.54 Å². The second-order valence-electron chi connectivity index (χ2n) is 7.52. The van der Waals surface area contributed by atoms with Crippen LogP contribution in [0.5, 0.6) is 0 Å². The fourth-order valence-corrected chi connectivity index (χ4v) is 5.51. The van der Waals surface area contributed by atoms with Crippen molar-refractivity contribution in [2.75, 3.05) is 10.2 Å². The molecule has 3 aromatic rings. The van der Waals surface area contributed by atoms with Gasteiger partial charge in [0.25, 0.3) is 11.8 Å². The first-order chi connectivity index (χ1) is 14.3. The number of hydrogen-bond donors (Lipinski definition) is 1. The molecule has 1 spiro atoms. The maximum absolute atomic E-state index is 13.7. The minimum absolute atomic E-state index is 0.0521. The summed E-state index contributed by atoms with van der Waals surface area (Å²) in [5.74, 6) is -0.716. The lowest BCUT2D eigenvalue weighted by molar-refractivity contribution is -0.119. The molecule has 0 radical (unpaired) electrons. The van der Waals surface area contributed by atoms with Crippen LogP contribution < -0.4 is 10.2 Å². The van der Waals surface area contributed by atoms with Crippen molar-refractivity contribution in [1.82, 2.24) is 9.55 Å². The molecule has 9 heteroatoms. The maximum atomic E-state index is 13.7. The number of nitrogens with zero attached hydrogens (tertiary/aromatic N) is 3. The number of amides is 2. The number of carbonyl (C=O) groups is 2. The Kier molecular flexibility index (Phi) is 4.29. The van der Waals surface area contributed by atoms with E-state index in [1.165, 1.54) is 4.90 Å². The Morgan fingerprint density at radius 2 is 1.83 bits per heavy atom. The number of aromatic nitrogens is 2. The first kappa shape index (κ1) is 19.6. The third kappa shape index (κ3) is 2.40. The van der Waals surface area contributed by atoms with Crippen LogP contribution in [0.4, 0.5) is 11.4 Å². The van der Waals surface area contributed by atoms with Gasteiger partial charge in [-0.3, -0.25) is 14.5 Å². The molecule has 2 amide bonds. The Bertz CT molecular complexity index is 1260. The molecule has 0 fully saturated rings. The van der Waals surface area contributed by atoms with Gasteiger partial charge in [-0.2, -0.15) is 0 Å². The topological polar surface area (TPSA) is 67.2 Å². The third-order valence-electron chi connectivity index (χ3n) is 5.48. The average molecular weight is 506 g/mol. The molecule has 1 atom stereocenters. The Morgan fingerprint density at radius 3 is 2.53 bits per heavy atom. The van der Waals surface area contributed by atoms with Gasteiger partial charge in [0.05, 0.1) is 5.69 Å². The summed E-state index contributed by atoms with van der Waals surface area (Å²) >= 11 is 15.9. The molecule has 2 aliphatic rings. The third-order valence-corrected chi connectivity index (χ3v) is 6.51. The largest absolute Gasteiger partial charge is 0.323 e. The first-order valence-corrected chi connectivity index (χ1v) is 10.8. The zero-order valence-corrected chi connectivity index (χ0v) is 19.0. The van der Waals surface area contributed by atoms with Crippen molar-refractivity contribution in [3.8, 4) is 0 Å². The monoisotopic (exact) mass is 504 g/mol. The molecule has 1 N–H and O–H groups in total. The lowest BCUT2D eigenvalue weighted by Gasteiger charge is -2.35. The van der Waals surface area contributed by atoms with E-state index in [9.17, 15) is 9.59 Å². The van der Waals surface area contributed by atoms with E-state index in [1.54, 1.807) is 42.5 Å². The van der Waals surface area contributed by atoms with Crippen LogP contribution in [0.2, 0.25) is 10.0 Å². The van der Waals surface area contributed by atoms with E-state index >= 15 is 0 Å². The number of rotatable bonds is 2. The minimum Gasteiger partial charge on any atom is -0.323 e. The Hall–Kier alpha value is -2.35. The lowest BCUT2D eigenvalue weighted by atomic mass is 9.87. The van der Waals surface area contributed by atoms with Gasteiger partial charge in [0.2, 0.25) is 0 Å². The lowest BCUT2D eigenvalue weighted by Crippen LogP contribution is -2.51. The van der Waals surface area contributed by atoms with E-state index in [2.05, 4.69) is 26.2 Å². The number of imidazole rings is 1. The molecule has 5 rings (SSSR count). The quantitative estimate of drug-likeness (QED) is 0.507. The van der Waals surface area contributed by atoms with Gasteiger partial charge in [-0.15, -0.1) is 0 Å². The molecule has 0 saturated carbocycles. The van der Waals surface area contributed by atoms with Crippen LogP contribution >= 0.6 is 39.1 Å². The van der Waals surface area contributed by atoms with Crippen molar-refractivity contribution in [3.05, 3.63) is 74.2 Å². The fraction of sp³-hybridized carbons (Fsp3) is 0.190. The second-order valence-corrected chi connectivity index (χ2v) is 9.10. The summed E-state index contributed by atoms with van der Waals surface area (Å²) in [6, 6.07) is 12.0. The molecular weight excluding hydrogens is 491 g/mol. The normalized spacial score (nSPS) is 19.6. The van der Waals surface area contributed by atoms with Crippen molar-refractivity contribution >= 4 is 62.3 Å². The second kappa shape index (κ2) is 6.57. The summed E-state index contributed by atoms with van der Waals surface area (Å²) in [6.45, 7) is 3.95. The van der Waals surface area contributed by atoms with Crippen molar-refractivity contribution in [2.24, 2.45) is 0 Å². The number of halogens is 3. The van der Waals surface area contributed by atoms with Crippen LogP contribution in [0.15, 0.2) is 47.2 Å². The number of benzene rings is 2. The van der Waals surface area contributed by atoms with E-state index in [4.69, 9.17) is 23.2 Å². The standard InChI is InChI=1S/C21H15BrCl2N4O2/c1-10(2)27-17-16(26-20(27)22)18(29)28(13-5-3-4-11(23)8-13)21(17)14-7-6-12(24)9-15(14)25-19(21)30/h3-10H,1-2H3,(H,25,30). The highest BCUT2D eigenvalue weighted by atomic mass is 79.9. The summed E-state index contributed by atoms with van der Waals surface area (Å²) in [4.78, 5) is 33.3. The first-order valence-electron chi connectivity index (χ1n) is 9.26. The van der Waals surface area contributed by atoms with Gasteiger partial charge < -0.3 is 9.88 Å². The summed E-state index contributed by atoms with van der Waals surface area (Å²) in [6.07, 6.45) is 0. The van der Waals surface area contributed by atoms with Gasteiger partial charge >= 0.3 is 0 Å². The van der Waals surface area contributed by atoms with Crippen molar-refractivity contribution in [3.63, 3.8) is 0 Å². The SMILES string of the molecule is CC(C)n1c(Br)nc2c1C1(C(=O)Nc3cc(Cl)ccc31)N(c1cccc(Cl)c1)C2=O. The molecule has 30 heavy (non-hydrogen) atoms. The number of anilines is 2. The highest BCUT2D eigenvalue weighted by molar-refractivity contribution is 9.10. The van der Waals surface area contributed by atoms with Crippen LogP contribution in [0.25, 0.3) is 0 Å².